The SMILES string of the molecule is COCCn1cc(C2CCCCC2)sc1=N. The molecule has 3 nitrogen and oxygen atoms in total. The highest BCUT2D eigenvalue weighted by Crippen LogP contribution is 2.33. The molecule has 1 N–H and O–H groups in total. The van der Waals surface area contributed by atoms with Crippen LogP contribution in [0.4, 0.5) is 0 Å². The first-order chi connectivity index (χ1) is 7.81. The lowest BCUT2D eigenvalue weighted by atomic mass is 9.88. The molecule has 16 heavy (non-hydrogen) atoms. The summed E-state index contributed by atoms with van der Waals surface area (Å²) in [5.74, 6) is 0.714. The van der Waals surface area contributed by atoms with E-state index in [2.05, 4.69) is 6.20 Å². The molecule has 1 heterocycles. The minimum absolute atomic E-state index is 0.664. The van der Waals surface area contributed by atoms with E-state index in [1.807, 2.05) is 4.57 Å². The van der Waals surface area contributed by atoms with Gasteiger partial charge in [-0.05, 0) is 18.8 Å². The zero-order valence-corrected chi connectivity index (χ0v) is 10.7. The zero-order chi connectivity index (χ0) is 11.4. The maximum absolute atomic E-state index is 7.91. The minimum atomic E-state index is 0.664. The number of aromatic nitrogens is 1. The van der Waals surface area contributed by atoms with E-state index in [9.17, 15) is 0 Å². The van der Waals surface area contributed by atoms with E-state index in [1.165, 1.54) is 37.0 Å². The fraction of sp³-hybridized carbons (Fsp3) is 0.750. The van der Waals surface area contributed by atoms with Crippen LogP contribution in [0.15, 0.2) is 6.20 Å². The lowest BCUT2D eigenvalue weighted by Crippen LogP contribution is -2.14. The molecule has 0 saturated heterocycles. The second kappa shape index (κ2) is 5.64. The Balaban J connectivity index is 2.07. The van der Waals surface area contributed by atoms with Gasteiger partial charge in [-0.1, -0.05) is 19.3 Å². The van der Waals surface area contributed by atoms with Crippen molar-refractivity contribution in [1.29, 1.82) is 5.41 Å². The van der Waals surface area contributed by atoms with Gasteiger partial charge in [0.15, 0.2) is 4.80 Å². The van der Waals surface area contributed by atoms with Crippen LogP contribution in [0.1, 0.15) is 42.9 Å². The lowest BCUT2D eigenvalue weighted by molar-refractivity contribution is 0.186. The first-order valence-electron chi connectivity index (χ1n) is 6.05. The number of nitrogens with zero attached hydrogens (tertiary/aromatic N) is 1. The Morgan fingerprint density at radius 1 is 1.44 bits per heavy atom. The van der Waals surface area contributed by atoms with Gasteiger partial charge in [-0.3, -0.25) is 5.41 Å². The molecule has 1 aromatic heterocycles. The van der Waals surface area contributed by atoms with E-state index in [0.717, 1.165) is 6.54 Å². The van der Waals surface area contributed by atoms with Crippen molar-refractivity contribution >= 4 is 11.3 Å². The van der Waals surface area contributed by atoms with Crippen molar-refractivity contribution in [2.24, 2.45) is 0 Å². The largest absolute Gasteiger partial charge is 0.383 e. The molecule has 1 aliphatic carbocycles. The Bertz CT molecular complexity index is 377. The highest BCUT2D eigenvalue weighted by atomic mass is 32.1. The summed E-state index contributed by atoms with van der Waals surface area (Å²) < 4.78 is 7.07. The van der Waals surface area contributed by atoms with E-state index in [0.29, 0.717) is 17.3 Å². The fourth-order valence-corrected chi connectivity index (χ4v) is 3.41. The second-order valence-electron chi connectivity index (χ2n) is 4.46. The summed E-state index contributed by atoms with van der Waals surface area (Å²) in [6.45, 7) is 1.50. The van der Waals surface area contributed by atoms with Gasteiger partial charge in [0.05, 0.1) is 6.61 Å². The van der Waals surface area contributed by atoms with Gasteiger partial charge >= 0.3 is 0 Å². The lowest BCUT2D eigenvalue weighted by Gasteiger charge is -2.19. The summed E-state index contributed by atoms with van der Waals surface area (Å²) in [5, 5.41) is 7.91. The van der Waals surface area contributed by atoms with Crippen LogP contribution in [-0.2, 0) is 11.3 Å². The van der Waals surface area contributed by atoms with E-state index in [1.54, 1.807) is 18.4 Å². The second-order valence-corrected chi connectivity index (χ2v) is 5.52. The van der Waals surface area contributed by atoms with Crippen molar-refractivity contribution in [2.75, 3.05) is 13.7 Å². The summed E-state index contributed by atoms with van der Waals surface area (Å²) >= 11 is 1.65. The number of thiazole rings is 1. The summed E-state index contributed by atoms with van der Waals surface area (Å²) in [5.41, 5.74) is 0. The molecule has 0 atom stereocenters. The molecule has 0 radical (unpaired) electrons. The fourth-order valence-electron chi connectivity index (χ4n) is 2.34. The van der Waals surface area contributed by atoms with E-state index in [-0.39, 0.29) is 0 Å². The van der Waals surface area contributed by atoms with Crippen molar-refractivity contribution in [3.8, 4) is 0 Å². The van der Waals surface area contributed by atoms with Crippen LogP contribution >= 0.6 is 11.3 Å². The van der Waals surface area contributed by atoms with Crippen LogP contribution in [0.25, 0.3) is 0 Å². The summed E-state index contributed by atoms with van der Waals surface area (Å²) in [6, 6.07) is 0. The van der Waals surface area contributed by atoms with Crippen LogP contribution in [0, 0.1) is 5.41 Å². The van der Waals surface area contributed by atoms with Gasteiger partial charge in [0.1, 0.15) is 0 Å². The van der Waals surface area contributed by atoms with E-state index in [4.69, 9.17) is 10.1 Å². The number of ether oxygens (including phenoxy) is 1. The van der Waals surface area contributed by atoms with Crippen molar-refractivity contribution in [1.82, 2.24) is 4.57 Å². The quantitative estimate of drug-likeness (QED) is 0.863. The predicted molar refractivity (Wildman–Crippen MR) is 65.9 cm³/mol. The normalized spacial score (nSPS) is 17.8. The average molecular weight is 240 g/mol. The molecule has 2 rings (SSSR count). The van der Waals surface area contributed by atoms with Gasteiger partial charge < -0.3 is 9.30 Å². The first-order valence-corrected chi connectivity index (χ1v) is 6.86. The van der Waals surface area contributed by atoms with Gasteiger partial charge in [0.25, 0.3) is 0 Å². The molecular weight excluding hydrogens is 220 g/mol. The third kappa shape index (κ3) is 2.74. The molecular formula is C12H20N2OS. The molecule has 0 bridgehead atoms. The smallest absolute Gasteiger partial charge is 0.182 e. The minimum Gasteiger partial charge on any atom is -0.383 e. The summed E-state index contributed by atoms with van der Waals surface area (Å²) in [4.78, 5) is 2.07. The number of hydrogen-bond donors (Lipinski definition) is 1. The summed E-state index contributed by atoms with van der Waals surface area (Å²) in [6.07, 6.45) is 8.89. The van der Waals surface area contributed by atoms with Gasteiger partial charge in [-0.2, -0.15) is 0 Å². The maximum atomic E-state index is 7.91. The highest BCUT2D eigenvalue weighted by Gasteiger charge is 2.17. The number of hydrogen-bond acceptors (Lipinski definition) is 3. The molecule has 0 unspecified atom stereocenters. The molecule has 4 heteroatoms. The molecule has 1 fully saturated rings. The van der Waals surface area contributed by atoms with Crippen molar-refractivity contribution in [2.45, 2.75) is 44.6 Å². The van der Waals surface area contributed by atoms with Crippen LogP contribution in [0.2, 0.25) is 0 Å². The van der Waals surface area contributed by atoms with Crippen LogP contribution in [0.3, 0.4) is 0 Å². The predicted octanol–water partition coefficient (Wildman–Crippen LogP) is 2.72. The molecule has 1 aromatic rings. The molecule has 1 aliphatic rings. The highest BCUT2D eigenvalue weighted by molar-refractivity contribution is 7.09. The summed E-state index contributed by atoms with van der Waals surface area (Å²) in [7, 11) is 1.71. The Kier molecular flexibility index (Phi) is 4.18. The molecule has 0 spiro atoms. The monoisotopic (exact) mass is 240 g/mol. The third-order valence-electron chi connectivity index (χ3n) is 3.30. The van der Waals surface area contributed by atoms with Crippen molar-refractivity contribution < 1.29 is 4.74 Å². The first kappa shape index (κ1) is 11.9. The van der Waals surface area contributed by atoms with Gasteiger partial charge in [0, 0.05) is 24.7 Å². The van der Waals surface area contributed by atoms with Gasteiger partial charge in [-0.25, -0.2) is 0 Å². The van der Waals surface area contributed by atoms with E-state index < -0.39 is 0 Å². The standard InChI is InChI=1S/C12H20N2OS/c1-15-8-7-14-9-11(16-12(14)13)10-5-3-2-4-6-10/h9-10,13H,2-8H2,1H3. The topological polar surface area (TPSA) is 38.0 Å². The zero-order valence-electron chi connectivity index (χ0n) is 9.87. The Labute approximate surface area is 101 Å². The molecule has 0 aliphatic heterocycles. The third-order valence-corrected chi connectivity index (χ3v) is 4.40. The van der Waals surface area contributed by atoms with Crippen molar-refractivity contribution in [3.05, 3.63) is 15.9 Å². The van der Waals surface area contributed by atoms with Crippen LogP contribution < -0.4 is 4.80 Å². The Morgan fingerprint density at radius 2 is 2.19 bits per heavy atom. The number of methoxy groups -OCH3 is 1. The Morgan fingerprint density at radius 3 is 2.88 bits per heavy atom. The Hall–Kier alpha value is -0.610. The number of rotatable bonds is 4. The average Bonchev–Trinajstić information content (AvgIpc) is 2.69. The van der Waals surface area contributed by atoms with Gasteiger partial charge in [0.2, 0.25) is 0 Å². The van der Waals surface area contributed by atoms with Gasteiger partial charge in [-0.15, -0.1) is 11.3 Å². The molecule has 0 aromatic carbocycles. The molecule has 90 valence electrons. The van der Waals surface area contributed by atoms with Crippen molar-refractivity contribution in [3.63, 3.8) is 0 Å². The maximum Gasteiger partial charge on any atom is 0.182 e. The molecule has 0 amide bonds. The van der Waals surface area contributed by atoms with Crippen LogP contribution in [0.5, 0.6) is 0 Å². The molecule has 1 saturated carbocycles. The van der Waals surface area contributed by atoms with E-state index >= 15 is 0 Å². The van der Waals surface area contributed by atoms with Crippen LogP contribution in [-0.4, -0.2) is 18.3 Å². The number of nitrogens with one attached hydrogen (secondary N) is 1.